The average Bonchev–Trinajstić information content (AvgIpc) is 3.15. The van der Waals surface area contributed by atoms with Gasteiger partial charge in [-0.3, -0.25) is 4.79 Å². The Bertz CT molecular complexity index is 1230. The van der Waals surface area contributed by atoms with E-state index in [0.29, 0.717) is 11.3 Å². The highest BCUT2D eigenvalue weighted by Crippen LogP contribution is 2.29. The van der Waals surface area contributed by atoms with Gasteiger partial charge in [0.05, 0.1) is 17.7 Å². The maximum absolute atomic E-state index is 13.4. The summed E-state index contributed by atoms with van der Waals surface area (Å²) in [4.78, 5) is 25.6. The quantitative estimate of drug-likeness (QED) is 0.595. The number of aryl methyl sites for hydroxylation is 1. The molecule has 0 bridgehead atoms. The van der Waals surface area contributed by atoms with E-state index in [2.05, 4.69) is 5.10 Å². The first-order valence-corrected chi connectivity index (χ1v) is 10.7. The fraction of sp³-hybridized carbons (Fsp3) is 0.190. The van der Waals surface area contributed by atoms with Crippen LogP contribution in [-0.4, -0.2) is 48.0 Å². The Morgan fingerprint density at radius 1 is 1.07 bits per heavy atom. The fourth-order valence-corrected chi connectivity index (χ4v) is 4.79. The number of methoxy groups -OCH3 is 1. The molecular formula is C21H19N3O5S. The van der Waals surface area contributed by atoms with Gasteiger partial charge in [0, 0.05) is 12.1 Å². The molecule has 0 fully saturated rings. The molecule has 1 aromatic heterocycles. The van der Waals surface area contributed by atoms with E-state index in [0.717, 1.165) is 9.87 Å². The lowest BCUT2D eigenvalue weighted by molar-refractivity contribution is 0.0592. The number of hydrogen-bond donors (Lipinski definition) is 0. The van der Waals surface area contributed by atoms with E-state index in [4.69, 9.17) is 4.74 Å². The van der Waals surface area contributed by atoms with Gasteiger partial charge in [-0.2, -0.15) is 5.10 Å². The minimum absolute atomic E-state index is 0.0112. The van der Waals surface area contributed by atoms with Crippen molar-refractivity contribution in [1.82, 2.24) is 14.1 Å². The molecule has 0 spiro atoms. The summed E-state index contributed by atoms with van der Waals surface area (Å²) in [6.45, 7) is 1.76. The van der Waals surface area contributed by atoms with E-state index in [1.807, 2.05) is 6.92 Å². The molecule has 4 rings (SSSR count). The molecule has 2 aromatic carbocycles. The Labute approximate surface area is 173 Å². The number of carbonyl (C=O) groups excluding carboxylic acids is 2. The summed E-state index contributed by atoms with van der Waals surface area (Å²) in [5.41, 5.74) is 1.88. The number of fused-ring (bicyclic) bond motifs is 1. The first-order chi connectivity index (χ1) is 14.3. The third-order valence-corrected chi connectivity index (χ3v) is 6.76. The number of carbonyl (C=O) groups is 2. The number of nitrogens with zero attached hydrogens (tertiary/aromatic N) is 3. The first-order valence-electron chi connectivity index (χ1n) is 9.24. The van der Waals surface area contributed by atoms with E-state index in [1.165, 1.54) is 23.9 Å². The van der Waals surface area contributed by atoms with Crippen molar-refractivity contribution in [1.29, 1.82) is 0 Å². The molecule has 0 radical (unpaired) electrons. The van der Waals surface area contributed by atoms with Crippen LogP contribution in [0.25, 0.3) is 5.69 Å². The number of aromatic nitrogens is 2. The summed E-state index contributed by atoms with van der Waals surface area (Å²) in [5, 5.41) is 4.28. The van der Waals surface area contributed by atoms with Gasteiger partial charge in [0.15, 0.2) is 5.69 Å². The summed E-state index contributed by atoms with van der Waals surface area (Å²) in [6, 6.07) is 15.1. The monoisotopic (exact) mass is 425 g/mol. The van der Waals surface area contributed by atoms with Crippen LogP contribution in [0.1, 0.15) is 32.1 Å². The number of para-hydroxylation sites is 1. The van der Waals surface area contributed by atoms with E-state index in [9.17, 15) is 18.0 Å². The lowest BCUT2D eigenvalue weighted by Crippen LogP contribution is -2.42. The molecule has 0 atom stereocenters. The third-order valence-electron chi connectivity index (χ3n) is 4.97. The Morgan fingerprint density at radius 2 is 1.73 bits per heavy atom. The molecule has 0 saturated heterocycles. The van der Waals surface area contributed by atoms with Crippen molar-refractivity contribution in [2.24, 2.45) is 0 Å². The Morgan fingerprint density at radius 3 is 2.37 bits per heavy atom. The molecule has 1 amide bonds. The van der Waals surface area contributed by atoms with Gasteiger partial charge in [-0.05, 0) is 37.6 Å². The van der Waals surface area contributed by atoms with Crippen LogP contribution < -0.4 is 0 Å². The van der Waals surface area contributed by atoms with E-state index in [1.54, 1.807) is 42.5 Å². The lowest BCUT2D eigenvalue weighted by atomic mass is 10.1. The number of ether oxygens (including phenoxy) is 1. The maximum atomic E-state index is 13.4. The molecule has 30 heavy (non-hydrogen) atoms. The van der Waals surface area contributed by atoms with Crippen LogP contribution in [0.5, 0.6) is 0 Å². The van der Waals surface area contributed by atoms with Gasteiger partial charge in [0.25, 0.3) is 15.9 Å². The smallest absolute Gasteiger partial charge is 0.358 e. The van der Waals surface area contributed by atoms with Gasteiger partial charge < -0.3 is 4.74 Å². The number of esters is 1. The third kappa shape index (κ3) is 3.17. The average molecular weight is 425 g/mol. The summed E-state index contributed by atoms with van der Waals surface area (Å²) in [6.07, 6.45) is 0.156. The van der Waals surface area contributed by atoms with Gasteiger partial charge in [-0.25, -0.2) is 22.2 Å². The maximum Gasteiger partial charge on any atom is 0.358 e. The minimum Gasteiger partial charge on any atom is -0.464 e. The van der Waals surface area contributed by atoms with E-state index < -0.39 is 21.9 Å². The number of benzene rings is 2. The highest BCUT2D eigenvalue weighted by Gasteiger charge is 2.40. The van der Waals surface area contributed by atoms with Crippen LogP contribution in [-0.2, 0) is 21.2 Å². The molecule has 8 nitrogen and oxygen atoms in total. The molecule has 1 aliphatic rings. The fourth-order valence-electron chi connectivity index (χ4n) is 3.42. The lowest BCUT2D eigenvalue weighted by Gasteiger charge is -2.27. The van der Waals surface area contributed by atoms with Crippen LogP contribution in [0.2, 0.25) is 0 Å². The number of sulfonamides is 1. The number of hydrogen-bond acceptors (Lipinski definition) is 6. The Kier molecular flexibility index (Phi) is 4.90. The van der Waals surface area contributed by atoms with Crippen LogP contribution in [0.4, 0.5) is 0 Å². The van der Waals surface area contributed by atoms with E-state index >= 15 is 0 Å². The molecule has 2 heterocycles. The van der Waals surface area contributed by atoms with E-state index in [-0.39, 0.29) is 29.2 Å². The summed E-state index contributed by atoms with van der Waals surface area (Å²) >= 11 is 0. The molecule has 9 heteroatoms. The zero-order chi connectivity index (χ0) is 21.5. The molecule has 0 N–H and O–H groups in total. The molecule has 1 aliphatic heterocycles. The highest BCUT2D eigenvalue weighted by atomic mass is 32.2. The zero-order valence-electron chi connectivity index (χ0n) is 16.4. The minimum atomic E-state index is -4.06. The van der Waals surface area contributed by atoms with Crippen LogP contribution >= 0.6 is 0 Å². The molecule has 0 unspecified atom stereocenters. The Hall–Kier alpha value is -3.46. The van der Waals surface area contributed by atoms with Crippen molar-refractivity contribution >= 4 is 21.9 Å². The van der Waals surface area contributed by atoms with Gasteiger partial charge in [0.2, 0.25) is 0 Å². The van der Waals surface area contributed by atoms with Crippen molar-refractivity contribution in [2.45, 2.75) is 18.2 Å². The van der Waals surface area contributed by atoms with Crippen LogP contribution in [0.3, 0.4) is 0 Å². The topological polar surface area (TPSA) is 98.6 Å². The molecule has 3 aromatic rings. The van der Waals surface area contributed by atoms with Crippen molar-refractivity contribution in [3.63, 3.8) is 0 Å². The van der Waals surface area contributed by atoms with Gasteiger partial charge >= 0.3 is 5.97 Å². The summed E-state index contributed by atoms with van der Waals surface area (Å²) in [5.74, 6) is -1.41. The summed E-state index contributed by atoms with van der Waals surface area (Å²) in [7, 11) is -2.83. The molecule has 154 valence electrons. The van der Waals surface area contributed by atoms with Gasteiger partial charge in [0.1, 0.15) is 5.69 Å². The van der Waals surface area contributed by atoms with Crippen LogP contribution in [0.15, 0.2) is 59.5 Å². The second-order valence-corrected chi connectivity index (χ2v) is 8.72. The van der Waals surface area contributed by atoms with Crippen LogP contribution in [0, 0.1) is 6.92 Å². The second kappa shape index (κ2) is 7.42. The molecule has 0 aliphatic carbocycles. The predicted molar refractivity (Wildman–Crippen MR) is 108 cm³/mol. The number of rotatable bonds is 4. The van der Waals surface area contributed by atoms with Crippen molar-refractivity contribution < 1.29 is 22.7 Å². The number of amides is 1. The largest absolute Gasteiger partial charge is 0.464 e. The zero-order valence-corrected chi connectivity index (χ0v) is 17.2. The predicted octanol–water partition coefficient (Wildman–Crippen LogP) is 2.35. The van der Waals surface area contributed by atoms with Gasteiger partial charge in [-0.1, -0.05) is 35.9 Å². The van der Waals surface area contributed by atoms with Crippen molar-refractivity contribution in [3.05, 3.63) is 77.1 Å². The summed E-state index contributed by atoms with van der Waals surface area (Å²) < 4.78 is 33.2. The standard InChI is InChI=1S/C21H19N3O5S/c1-14-8-10-16(11-9-14)30(27,28)23-13-12-17-18(21(26)29-2)22-24(19(17)20(23)25)15-6-4-3-5-7-15/h3-11H,12-13H2,1-2H3. The van der Waals surface area contributed by atoms with Crippen molar-refractivity contribution in [2.75, 3.05) is 13.7 Å². The SMILES string of the molecule is COC(=O)c1nn(-c2ccccc2)c2c1CCN(S(=O)(=O)c1ccc(C)cc1)C2=O. The second-order valence-electron chi connectivity index (χ2n) is 6.86. The molecule has 0 saturated carbocycles. The Balaban J connectivity index is 1.85. The molecular weight excluding hydrogens is 406 g/mol. The normalized spacial score (nSPS) is 13.8. The highest BCUT2D eigenvalue weighted by molar-refractivity contribution is 7.89. The first kappa shape index (κ1) is 19.8. The van der Waals surface area contributed by atoms with Crippen molar-refractivity contribution in [3.8, 4) is 5.69 Å². The van der Waals surface area contributed by atoms with Gasteiger partial charge in [-0.15, -0.1) is 0 Å².